The third kappa shape index (κ3) is 11.2. The van der Waals surface area contributed by atoms with E-state index in [1.165, 1.54) is 68.9 Å². The molecule has 1 aliphatic heterocycles. The number of hydrogen-bond donors (Lipinski definition) is 3. The number of unbranched alkanes of at least 4 members (excludes halogenated alkanes) is 2. The van der Waals surface area contributed by atoms with Crippen molar-refractivity contribution in [3.8, 4) is 0 Å². The van der Waals surface area contributed by atoms with E-state index in [-0.39, 0.29) is 43.0 Å². The summed E-state index contributed by atoms with van der Waals surface area (Å²) in [7, 11) is 0. The number of ether oxygens (including phenoxy) is 3. The van der Waals surface area contributed by atoms with Crippen LogP contribution in [0.25, 0.3) is 0 Å². The van der Waals surface area contributed by atoms with Gasteiger partial charge in [-0.2, -0.15) is 0 Å². The summed E-state index contributed by atoms with van der Waals surface area (Å²) >= 11 is 0. The molecular formula is C35H54O7. The Morgan fingerprint density at radius 2 is 1.64 bits per heavy atom. The number of benzene rings is 1. The molecule has 1 heterocycles. The Bertz CT molecular complexity index is 943. The molecule has 1 saturated carbocycles. The van der Waals surface area contributed by atoms with Gasteiger partial charge in [-0.15, -0.1) is 0 Å². The Kier molecular flexibility index (Phi) is 15.3. The number of rotatable bonds is 18. The van der Waals surface area contributed by atoms with Crippen LogP contribution in [-0.2, 0) is 25.4 Å². The van der Waals surface area contributed by atoms with E-state index in [9.17, 15) is 15.0 Å². The van der Waals surface area contributed by atoms with Crippen LogP contribution in [0.3, 0.4) is 0 Å². The summed E-state index contributed by atoms with van der Waals surface area (Å²) < 4.78 is 17.1. The van der Waals surface area contributed by atoms with Crippen molar-refractivity contribution in [2.75, 3.05) is 33.0 Å². The van der Waals surface area contributed by atoms with Crippen molar-refractivity contribution in [1.29, 1.82) is 0 Å². The number of aryl methyl sites for hydroxylation is 1. The molecule has 0 spiro atoms. The second-order valence-corrected chi connectivity index (χ2v) is 12.4. The van der Waals surface area contributed by atoms with Gasteiger partial charge in [0.25, 0.3) is 0 Å². The standard InChI is InChI=1S/C35H54O7/c1-4-5-6-7-27-10-15-30(16-11-27)31-17-12-28(13-18-31)8-9-29-14-19-33(40-22-29)32(23-41-34(38)25(2)20-36)24-42-35(39)26(3)21-37/h10-11,15-16,28-29,31-34,36-38H,2-9,12-14,17-24H2,1H3. The highest BCUT2D eigenvalue weighted by Crippen LogP contribution is 2.39. The smallest absolute Gasteiger partial charge is 0.335 e. The highest BCUT2D eigenvalue weighted by atomic mass is 16.6. The highest BCUT2D eigenvalue weighted by Gasteiger charge is 2.31. The minimum atomic E-state index is -1.30. The maximum absolute atomic E-state index is 12.0. The van der Waals surface area contributed by atoms with Crippen molar-refractivity contribution in [1.82, 2.24) is 0 Å². The fraction of sp³-hybridized carbons (Fsp3) is 0.686. The minimum absolute atomic E-state index is 0.0160. The van der Waals surface area contributed by atoms with Crippen LogP contribution < -0.4 is 0 Å². The highest BCUT2D eigenvalue weighted by molar-refractivity contribution is 5.87. The van der Waals surface area contributed by atoms with E-state index in [1.54, 1.807) is 0 Å². The lowest BCUT2D eigenvalue weighted by Gasteiger charge is -2.35. The van der Waals surface area contributed by atoms with Gasteiger partial charge in [-0.25, -0.2) is 4.79 Å². The summed E-state index contributed by atoms with van der Waals surface area (Å²) in [5.41, 5.74) is 3.12. The van der Waals surface area contributed by atoms with Crippen LogP contribution in [0.4, 0.5) is 0 Å². The first-order valence-corrected chi connectivity index (χ1v) is 16.1. The number of esters is 1. The normalized spacial score (nSPS) is 24.1. The molecule has 1 saturated heterocycles. The molecule has 3 rings (SSSR count). The molecule has 1 aromatic rings. The van der Waals surface area contributed by atoms with Crippen molar-refractivity contribution in [2.45, 2.75) is 102 Å². The van der Waals surface area contributed by atoms with Gasteiger partial charge in [0, 0.05) is 18.1 Å². The summed E-state index contributed by atoms with van der Waals surface area (Å²) in [5.74, 6) is 1.03. The van der Waals surface area contributed by atoms with Gasteiger partial charge in [0.1, 0.15) is 0 Å². The Labute approximate surface area is 253 Å². The van der Waals surface area contributed by atoms with Gasteiger partial charge in [0.15, 0.2) is 6.29 Å². The van der Waals surface area contributed by atoms with Crippen LogP contribution in [0.5, 0.6) is 0 Å². The topological polar surface area (TPSA) is 105 Å². The molecule has 7 nitrogen and oxygen atoms in total. The predicted octanol–water partition coefficient (Wildman–Crippen LogP) is 5.86. The van der Waals surface area contributed by atoms with Crippen molar-refractivity contribution in [3.63, 3.8) is 0 Å². The number of carbonyl (C=O) groups excluding carboxylic acids is 1. The van der Waals surface area contributed by atoms with E-state index in [2.05, 4.69) is 44.3 Å². The first-order chi connectivity index (χ1) is 20.3. The second-order valence-electron chi connectivity index (χ2n) is 12.4. The zero-order chi connectivity index (χ0) is 30.3. The summed E-state index contributed by atoms with van der Waals surface area (Å²) in [5, 5.41) is 28.4. The molecular weight excluding hydrogens is 532 g/mol. The van der Waals surface area contributed by atoms with Gasteiger partial charge in [0.05, 0.1) is 38.1 Å². The summed E-state index contributed by atoms with van der Waals surface area (Å²) in [6.45, 7) is 9.27. The van der Waals surface area contributed by atoms with E-state index in [0.717, 1.165) is 25.2 Å². The average Bonchev–Trinajstić information content (AvgIpc) is 3.03. The lowest BCUT2D eigenvalue weighted by Crippen LogP contribution is -2.38. The third-order valence-electron chi connectivity index (χ3n) is 9.21. The molecule has 4 unspecified atom stereocenters. The van der Waals surface area contributed by atoms with Gasteiger partial charge in [-0.3, -0.25) is 0 Å². The Balaban J connectivity index is 1.39. The Morgan fingerprint density at radius 1 is 0.952 bits per heavy atom. The van der Waals surface area contributed by atoms with Crippen molar-refractivity contribution in [3.05, 3.63) is 59.7 Å². The minimum Gasteiger partial charge on any atom is -0.462 e. The van der Waals surface area contributed by atoms with Gasteiger partial charge >= 0.3 is 5.97 Å². The zero-order valence-corrected chi connectivity index (χ0v) is 25.7. The monoisotopic (exact) mass is 586 g/mol. The van der Waals surface area contributed by atoms with Crippen LogP contribution in [0.15, 0.2) is 48.6 Å². The first-order valence-electron chi connectivity index (χ1n) is 16.1. The van der Waals surface area contributed by atoms with Crippen LogP contribution in [0.2, 0.25) is 0 Å². The van der Waals surface area contributed by atoms with E-state index in [0.29, 0.717) is 18.4 Å². The molecule has 1 aliphatic carbocycles. The average molecular weight is 587 g/mol. The molecule has 236 valence electrons. The van der Waals surface area contributed by atoms with Crippen LogP contribution >= 0.6 is 0 Å². The van der Waals surface area contributed by atoms with E-state index in [4.69, 9.17) is 19.3 Å². The van der Waals surface area contributed by atoms with Crippen molar-refractivity contribution in [2.24, 2.45) is 17.8 Å². The van der Waals surface area contributed by atoms with Gasteiger partial charge in [-0.05, 0) is 86.7 Å². The first kappa shape index (κ1) is 34.5. The number of carbonyl (C=O) groups is 1. The maximum atomic E-state index is 12.0. The van der Waals surface area contributed by atoms with E-state index in [1.807, 2.05) is 0 Å². The maximum Gasteiger partial charge on any atom is 0.335 e. The molecule has 2 fully saturated rings. The SMILES string of the molecule is C=C(CO)C(=O)OCC(COC(O)C(=C)CO)C1CCC(CCC2CCC(c3ccc(CCCCC)cc3)CC2)CO1. The molecule has 7 heteroatoms. The quantitative estimate of drug-likeness (QED) is 0.0651. The number of hydrogen-bond acceptors (Lipinski definition) is 7. The molecule has 0 radical (unpaired) electrons. The van der Waals surface area contributed by atoms with Crippen molar-refractivity contribution < 1.29 is 34.3 Å². The molecule has 0 bridgehead atoms. The fourth-order valence-electron chi connectivity index (χ4n) is 6.24. The Morgan fingerprint density at radius 3 is 2.26 bits per heavy atom. The van der Waals surface area contributed by atoms with Gasteiger partial charge in [0.2, 0.25) is 0 Å². The van der Waals surface area contributed by atoms with Crippen LogP contribution in [0.1, 0.15) is 94.6 Å². The number of aliphatic hydroxyl groups excluding tert-OH is 3. The van der Waals surface area contributed by atoms with Crippen LogP contribution in [0, 0.1) is 17.8 Å². The number of aliphatic hydroxyl groups is 3. The second kappa shape index (κ2) is 18.6. The van der Waals surface area contributed by atoms with E-state index >= 15 is 0 Å². The fourth-order valence-corrected chi connectivity index (χ4v) is 6.24. The molecule has 0 aromatic heterocycles. The molecule has 2 aliphatic rings. The van der Waals surface area contributed by atoms with Crippen LogP contribution in [-0.4, -0.2) is 66.7 Å². The molecule has 0 amide bonds. The summed E-state index contributed by atoms with van der Waals surface area (Å²) in [6, 6.07) is 9.42. The summed E-state index contributed by atoms with van der Waals surface area (Å²) in [6.07, 6.45) is 13.0. The van der Waals surface area contributed by atoms with E-state index < -0.39 is 18.9 Å². The third-order valence-corrected chi connectivity index (χ3v) is 9.21. The largest absolute Gasteiger partial charge is 0.462 e. The van der Waals surface area contributed by atoms with Gasteiger partial charge < -0.3 is 29.5 Å². The zero-order valence-electron chi connectivity index (χ0n) is 25.7. The molecule has 1 aromatic carbocycles. The molecule has 42 heavy (non-hydrogen) atoms. The van der Waals surface area contributed by atoms with Gasteiger partial charge in [-0.1, -0.05) is 63.6 Å². The lowest BCUT2D eigenvalue weighted by atomic mass is 9.76. The Hall–Kier alpha value is -2.03. The molecule has 4 atom stereocenters. The summed E-state index contributed by atoms with van der Waals surface area (Å²) in [4.78, 5) is 12.0. The predicted molar refractivity (Wildman–Crippen MR) is 165 cm³/mol. The molecule has 3 N–H and O–H groups in total. The van der Waals surface area contributed by atoms with Crippen molar-refractivity contribution >= 4 is 5.97 Å². The lowest BCUT2D eigenvalue weighted by molar-refractivity contribution is -0.152.